The van der Waals surface area contributed by atoms with Crippen molar-refractivity contribution < 1.29 is 33.9 Å². The van der Waals surface area contributed by atoms with Gasteiger partial charge in [0.25, 0.3) is 0 Å². The molecule has 0 N–H and O–H groups in total. The van der Waals surface area contributed by atoms with Crippen molar-refractivity contribution in [1.82, 2.24) is 0 Å². The number of hydrogen-bond acceptors (Lipinski definition) is 3. The van der Waals surface area contributed by atoms with Crippen molar-refractivity contribution in [3.05, 3.63) is 91.0 Å². The van der Waals surface area contributed by atoms with Crippen LogP contribution in [0.3, 0.4) is 0 Å². The SMILES string of the molecule is CCCC(=O)C(C(C)=O)C(=O)[PH](c1ccccc1)(c1ccccc1)c1ccccc1.[Rh]. The molecule has 5 heteroatoms. The molecule has 1 radical (unpaired) electrons. The van der Waals surface area contributed by atoms with Gasteiger partial charge in [-0.15, -0.1) is 0 Å². The summed E-state index contributed by atoms with van der Waals surface area (Å²) in [6, 6.07) is 28.9. The van der Waals surface area contributed by atoms with Crippen molar-refractivity contribution in [3.63, 3.8) is 0 Å². The summed E-state index contributed by atoms with van der Waals surface area (Å²) in [5, 5.41) is 2.63. The average molecular weight is 521 g/mol. The van der Waals surface area contributed by atoms with Gasteiger partial charge in [-0.2, -0.15) is 0 Å². The maximum absolute atomic E-state index is 14.3. The van der Waals surface area contributed by atoms with E-state index in [4.69, 9.17) is 0 Å². The normalized spacial score (nSPS) is 12.3. The third-order valence-electron chi connectivity index (χ3n) is 5.48. The Morgan fingerprint density at radius 1 is 0.710 bits per heavy atom. The first-order chi connectivity index (χ1) is 14.5. The van der Waals surface area contributed by atoms with Crippen molar-refractivity contribution in [3.8, 4) is 0 Å². The first-order valence-electron chi connectivity index (χ1n) is 10.3. The number of Topliss-reactive ketones (excluding diaryl/α,β-unsaturated/α-hetero) is 2. The standard InChI is InChI=1S/C26H27O3P.Rh/c1-3-13-24(28)25(20(2)27)26(29)30(21-14-7-4-8-15-21,22-16-9-5-10-17-22)23-18-11-6-12-19-23;/h4-12,14-19,25,30H,3,13H2,1-2H3;. The van der Waals surface area contributed by atoms with E-state index in [0.29, 0.717) is 6.42 Å². The minimum Gasteiger partial charge on any atom is 0 e. The van der Waals surface area contributed by atoms with Gasteiger partial charge in [0, 0.05) is 19.5 Å². The van der Waals surface area contributed by atoms with Gasteiger partial charge in [0.1, 0.15) is 0 Å². The molecule has 3 rings (SSSR count). The number of ketones is 2. The van der Waals surface area contributed by atoms with Crippen LogP contribution < -0.4 is 15.9 Å². The van der Waals surface area contributed by atoms with Gasteiger partial charge >= 0.3 is 178 Å². The van der Waals surface area contributed by atoms with Gasteiger partial charge in [-0.1, -0.05) is 0 Å². The Morgan fingerprint density at radius 3 is 1.35 bits per heavy atom. The van der Waals surface area contributed by atoms with Crippen LogP contribution in [0.1, 0.15) is 26.7 Å². The molecule has 0 bridgehead atoms. The van der Waals surface area contributed by atoms with Crippen molar-refractivity contribution in [2.45, 2.75) is 26.7 Å². The van der Waals surface area contributed by atoms with Gasteiger partial charge in [-0.05, 0) is 0 Å². The number of benzene rings is 3. The predicted molar refractivity (Wildman–Crippen MR) is 126 cm³/mol. The van der Waals surface area contributed by atoms with Crippen LogP contribution in [0.5, 0.6) is 0 Å². The summed E-state index contributed by atoms with van der Waals surface area (Å²) in [7, 11) is -3.33. The molecule has 31 heavy (non-hydrogen) atoms. The molecule has 0 aromatic heterocycles. The van der Waals surface area contributed by atoms with Crippen LogP contribution in [0.25, 0.3) is 0 Å². The van der Waals surface area contributed by atoms with Gasteiger partial charge in [0.15, 0.2) is 0 Å². The minimum absolute atomic E-state index is 0. The molecule has 163 valence electrons. The quantitative estimate of drug-likeness (QED) is 0.245. The maximum atomic E-state index is 14.3. The Kier molecular flexibility index (Phi) is 9.17. The largest absolute Gasteiger partial charge is 0 e. The zero-order chi connectivity index (χ0) is 21.6. The molecule has 0 heterocycles. The zero-order valence-electron chi connectivity index (χ0n) is 17.7. The van der Waals surface area contributed by atoms with Gasteiger partial charge in [0.05, 0.1) is 0 Å². The average Bonchev–Trinajstić information content (AvgIpc) is 2.77. The maximum Gasteiger partial charge on any atom is 0 e. The van der Waals surface area contributed by atoms with Crippen molar-refractivity contribution in [2.24, 2.45) is 5.92 Å². The molecule has 3 nitrogen and oxygen atoms in total. The van der Waals surface area contributed by atoms with E-state index >= 15 is 0 Å². The van der Waals surface area contributed by atoms with E-state index in [2.05, 4.69) is 0 Å². The topological polar surface area (TPSA) is 51.2 Å². The smallest absolute Gasteiger partial charge is 0 e. The van der Waals surface area contributed by atoms with E-state index in [1.165, 1.54) is 6.92 Å². The molecule has 0 saturated heterocycles. The first kappa shape index (κ1) is 25.0. The van der Waals surface area contributed by atoms with Crippen molar-refractivity contribution in [1.29, 1.82) is 0 Å². The van der Waals surface area contributed by atoms with Crippen LogP contribution in [-0.4, -0.2) is 17.1 Å². The van der Waals surface area contributed by atoms with Crippen LogP contribution in [-0.2, 0) is 33.9 Å². The number of carbonyl (C=O) groups is 3. The number of hydrogen-bond donors (Lipinski definition) is 0. The molecule has 0 fully saturated rings. The third kappa shape index (κ3) is 4.97. The molecule has 0 saturated carbocycles. The fraction of sp³-hybridized carbons (Fsp3) is 0.192. The molecule has 0 aliphatic carbocycles. The molecular formula is C26H27O3PRh. The molecule has 0 aliphatic rings. The van der Waals surface area contributed by atoms with Gasteiger partial charge in [0.2, 0.25) is 0 Å². The molecule has 0 aliphatic heterocycles. The zero-order valence-corrected chi connectivity index (χ0v) is 20.3. The molecule has 3 aromatic rings. The number of rotatable bonds is 9. The second kappa shape index (κ2) is 11.4. The van der Waals surface area contributed by atoms with Crippen molar-refractivity contribution >= 4 is 40.3 Å². The van der Waals surface area contributed by atoms with Crippen LogP contribution in [0.2, 0.25) is 0 Å². The van der Waals surface area contributed by atoms with Gasteiger partial charge in [-0.3, -0.25) is 0 Å². The fourth-order valence-corrected chi connectivity index (χ4v) is 8.88. The summed E-state index contributed by atoms with van der Waals surface area (Å²) >= 11 is 0. The van der Waals surface area contributed by atoms with E-state index in [1.807, 2.05) is 97.9 Å². The molecular weight excluding hydrogens is 494 g/mol. The third-order valence-corrected chi connectivity index (χ3v) is 10.1. The Hall–Kier alpha value is -2.28. The first-order valence-corrected chi connectivity index (χ1v) is 12.3. The van der Waals surface area contributed by atoms with E-state index in [9.17, 15) is 14.4 Å². The van der Waals surface area contributed by atoms with E-state index in [-0.39, 0.29) is 43.0 Å². The molecule has 0 amide bonds. The second-order valence-corrected chi connectivity index (χ2v) is 11.2. The minimum atomic E-state index is -3.33. The summed E-state index contributed by atoms with van der Waals surface area (Å²) in [4.78, 5) is 39.9. The summed E-state index contributed by atoms with van der Waals surface area (Å²) in [5.74, 6) is -1.90. The van der Waals surface area contributed by atoms with Crippen molar-refractivity contribution in [2.75, 3.05) is 0 Å². The Balaban J connectivity index is 0.00000341. The second-order valence-electron chi connectivity index (χ2n) is 7.47. The molecule has 0 spiro atoms. The van der Waals surface area contributed by atoms with Crippen LogP contribution in [0.4, 0.5) is 0 Å². The van der Waals surface area contributed by atoms with Crippen LogP contribution >= 0.6 is 7.26 Å². The van der Waals surface area contributed by atoms with Gasteiger partial charge in [-0.25, -0.2) is 0 Å². The van der Waals surface area contributed by atoms with Crippen LogP contribution in [0.15, 0.2) is 91.0 Å². The number of carbonyl (C=O) groups excluding carboxylic acids is 3. The van der Waals surface area contributed by atoms with E-state index < -0.39 is 13.2 Å². The van der Waals surface area contributed by atoms with E-state index in [1.54, 1.807) is 0 Å². The molecule has 1 unspecified atom stereocenters. The molecule has 1 atom stereocenters. The fourth-order valence-electron chi connectivity index (χ4n) is 4.16. The Labute approximate surface area is 197 Å². The summed E-state index contributed by atoms with van der Waals surface area (Å²) in [6.07, 6.45) is 0.825. The summed E-state index contributed by atoms with van der Waals surface area (Å²) in [5.41, 5.74) is -0.253. The van der Waals surface area contributed by atoms with Gasteiger partial charge < -0.3 is 0 Å². The summed E-state index contributed by atoms with van der Waals surface area (Å²) < 4.78 is 0. The Bertz CT molecular complexity index is 924. The Morgan fingerprint density at radius 2 is 1.06 bits per heavy atom. The van der Waals surface area contributed by atoms with E-state index in [0.717, 1.165) is 15.9 Å². The predicted octanol–water partition coefficient (Wildman–Crippen LogP) is 3.81. The molecule has 3 aromatic carbocycles. The monoisotopic (exact) mass is 521 g/mol. The van der Waals surface area contributed by atoms with Crippen LogP contribution in [0, 0.1) is 5.92 Å². The summed E-state index contributed by atoms with van der Waals surface area (Å²) in [6.45, 7) is 3.24.